The van der Waals surface area contributed by atoms with Gasteiger partial charge in [0.1, 0.15) is 23.4 Å². The summed E-state index contributed by atoms with van der Waals surface area (Å²) in [6.07, 6.45) is 3.70. The molecule has 6 atom stereocenters. The quantitative estimate of drug-likeness (QED) is 0.491. The molecular weight excluding hydrogens is 414 g/mol. The molecule has 3 aliphatic heterocycles. The number of carbonyl (C=O) groups is 2. The molecule has 9 heteroatoms. The Morgan fingerprint density at radius 3 is 2.53 bits per heavy atom. The lowest BCUT2D eigenvalue weighted by molar-refractivity contribution is -0.123. The van der Waals surface area contributed by atoms with Crippen molar-refractivity contribution in [3.8, 4) is 0 Å². The normalized spacial score (nSPS) is 38.0. The molecule has 4 rings (SSSR count). The molecule has 32 heavy (non-hydrogen) atoms. The van der Waals surface area contributed by atoms with Gasteiger partial charge in [0.15, 0.2) is 0 Å². The fourth-order valence-corrected chi connectivity index (χ4v) is 5.30. The second kappa shape index (κ2) is 8.50. The summed E-state index contributed by atoms with van der Waals surface area (Å²) in [7, 11) is 5.05. The number of urea groups is 1. The first-order valence-corrected chi connectivity index (χ1v) is 11.5. The molecular formula is C23H37N3O6. The molecule has 1 N–H and O–H groups in total. The van der Waals surface area contributed by atoms with Crippen molar-refractivity contribution in [2.24, 2.45) is 5.92 Å². The van der Waals surface area contributed by atoms with Crippen LogP contribution >= 0.6 is 0 Å². The zero-order valence-corrected chi connectivity index (χ0v) is 20.1. The number of nitrogens with zero attached hydrogens (tertiary/aromatic N) is 2. The van der Waals surface area contributed by atoms with E-state index in [0.717, 1.165) is 12.8 Å². The van der Waals surface area contributed by atoms with Crippen LogP contribution in [-0.4, -0.2) is 98.4 Å². The third-order valence-corrected chi connectivity index (χ3v) is 7.36. The van der Waals surface area contributed by atoms with Gasteiger partial charge in [-0.2, -0.15) is 0 Å². The molecule has 0 aromatic heterocycles. The molecule has 3 saturated heterocycles. The summed E-state index contributed by atoms with van der Waals surface area (Å²) in [6.45, 7) is 7.91. The number of hydrogen-bond donors (Lipinski definition) is 1. The highest BCUT2D eigenvalue weighted by atomic mass is 16.6. The highest BCUT2D eigenvalue weighted by Crippen LogP contribution is 2.59. The van der Waals surface area contributed by atoms with Gasteiger partial charge in [-0.1, -0.05) is 11.6 Å². The number of amides is 3. The van der Waals surface area contributed by atoms with E-state index in [2.05, 4.69) is 32.2 Å². The predicted octanol–water partition coefficient (Wildman–Crippen LogP) is 2.15. The van der Waals surface area contributed by atoms with Crippen LogP contribution in [-0.2, 0) is 18.9 Å². The highest BCUT2D eigenvalue weighted by molar-refractivity contribution is 5.75. The molecule has 1 saturated carbocycles. The van der Waals surface area contributed by atoms with E-state index in [1.165, 1.54) is 10.5 Å². The van der Waals surface area contributed by atoms with Crippen molar-refractivity contribution in [1.82, 2.24) is 15.1 Å². The first kappa shape index (κ1) is 23.3. The van der Waals surface area contributed by atoms with E-state index in [1.807, 2.05) is 0 Å². The molecule has 3 heterocycles. The fraction of sp³-hybridized carbons (Fsp3) is 0.826. The van der Waals surface area contributed by atoms with E-state index < -0.39 is 0 Å². The Morgan fingerprint density at radius 1 is 1.28 bits per heavy atom. The largest absolute Gasteiger partial charge is 0.443 e. The van der Waals surface area contributed by atoms with Gasteiger partial charge in [0.05, 0.1) is 24.7 Å². The van der Waals surface area contributed by atoms with E-state index in [-0.39, 0.29) is 53.6 Å². The summed E-state index contributed by atoms with van der Waals surface area (Å²) in [5.74, 6) is 0.00521. The van der Waals surface area contributed by atoms with Crippen LogP contribution in [0.5, 0.6) is 0 Å². The number of hydrogen-bond acceptors (Lipinski definition) is 6. The zero-order valence-electron chi connectivity index (χ0n) is 20.1. The van der Waals surface area contributed by atoms with E-state index in [9.17, 15) is 9.59 Å². The van der Waals surface area contributed by atoms with E-state index in [4.69, 9.17) is 18.9 Å². The van der Waals surface area contributed by atoms with Crippen molar-refractivity contribution >= 4 is 12.1 Å². The average Bonchev–Trinajstić information content (AvgIpc) is 3.61. The molecule has 1 aliphatic carbocycles. The molecule has 9 nitrogen and oxygen atoms in total. The first-order chi connectivity index (χ1) is 15.1. The topological polar surface area (TPSA) is 96.2 Å². The van der Waals surface area contributed by atoms with Gasteiger partial charge in [-0.15, -0.1) is 0 Å². The third kappa shape index (κ3) is 4.34. The van der Waals surface area contributed by atoms with Crippen LogP contribution in [0.25, 0.3) is 0 Å². The molecule has 4 unspecified atom stereocenters. The lowest BCUT2D eigenvalue weighted by Crippen LogP contribution is -2.63. The van der Waals surface area contributed by atoms with Gasteiger partial charge >= 0.3 is 12.1 Å². The van der Waals surface area contributed by atoms with Crippen LogP contribution in [0.4, 0.5) is 9.59 Å². The van der Waals surface area contributed by atoms with Crippen LogP contribution in [0.1, 0.15) is 40.0 Å². The number of likely N-dealkylation sites (tertiary alicyclic amines) is 1. The Bertz CT molecular complexity index is 772. The minimum atomic E-state index is -0.359. The third-order valence-electron chi connectivity index (χ3n) is 7.36. The van der Waals surface area contributed by atoms with Crippen molar-refractivity contribution in [2.45, 2.75) is 75.6 Å². The van der Waals surface area contributed by atoms with Gasteiger partial charge in [0, 0.05) is 34.3 Å². The summed E-state index contributed by atoms with van der Waals surface area (Å²) >= 11 is 0. The van der Waals surface area contributed by atoms with Crippen molar-refractivity contribution in [1.29, 1.82) is 0 Å². The minimum Gasteiger partial charge on any atom is -0.443 e. The minimum absolute atomic E-state index is 0.00521. The van der Waals surface area contributed by atoms with E-state index in [1.54, 1.807) is 26.1 Å². The average molecular weight is 452 g/mol. The maximum atomic E-state index is 12.8. The SMILES string of the molecule is COC1C(OC(=O)N2CC(NC(=O)N(C)C)C2)CCC2(CO2)C1[C@@]1(C)O[C@@H]1CC=C(C)C. The van der Waals surface area contributed by atoms with Crippen molar-refractivity contribution in [2.75, 3.05) is 40.9 Å². The number of methoxy groups -OCH3 is 1. The standard InChI is InChI=1S/C23H37N3O6/c1-14(2)7-8-17-22(3,32-17)19-18(29-6)16(9-10-23(19)13-30-23)31-21(28)26-11-15(12-26)24-20(27)25(4)5/h7,15-19H,8-13H2,1-6H3,(H,24,27)/t16?,17-,18?,19?,22+,23?/m1/s1. The number of rotatable bonds is 6. The van der Waals surface area contributed by atoms with Gasteiger partial charge in [0.25, 0.3) is 0 Å². The Morgan fingerprint density at radius 2 is 1.97 bits per heavy atom. The Kier molecular flexibility index (Phi) is 6.19. The Balaban J connectivity index is 1.37. The first-order valence-electron chi connectivity index (χ1n) is 11.5. The summed E-state index contributed by atoms with van der Waals surface area (Å²) < 4.78 is 24.0. The second-order valence-electron chi connectivity index (χ2n) is 10.2. The summed E-state index contributed by atoms with van der Waals surface area (Å²) in [6, 6.07) is -0.208. The molecule has 0 radical (unpaired) electrons. The number of nitrogens with one attached hydrogen (secondary N) is 1. The summed E-state index contributed by atoms with van der Waals surface area (Å²) in [5, 5.41) is 2.88. The van der Waals surface area contributed by atoms with Crippen molar-refractivity contribution < 1.29 is 28.5 Å². The van der Waals surface area contributed by atoms with Gasteiger partial charge in [-0.25, -0.2) is 9.59 Å². The second-order valence-corrected chi connectivity index (χ2v) is 10.2. The smallest absolute Gasteiger partial charge is 0.410 e. The lowest BCUT2D eigenvalue weighted by atomic mass is 9.68. The van der Waals surface area contributed by atoms with Gasteiger partial charge in [0.2, 0.25) is 0 Å². The molecule has 0 aromatic carbocycles. The summed E-state index contributed by atoms with van der Waals surface area (Å²) in [4.78, 5) is 27.6. The van der Waals surface area contributed by atoms with Crippen LogP contribution in [0.3, 0.4) is 0 Å². The number of epoxide rings is 2. The molecule has 0 aromatic rings. The Labute approximate surface area is 190 Å². The maximum Gasteiger partial charge on any atom is 0.410 e. The van der Waals surface area contributed by atoms with Crippen molar-refractivity contribution in [3.05, 3.63) is 11.6 Å². The van der Waals surface area contributed by atoms with Crippen LogP contribution in [0.15, 0.2) is 11.6 Å². The molecule has 4 fully saturated rings. The van der Waals surface area contributed by atoms with Gasteiger partial charge < -0.3 is 34.1 Å². The monoisotopic (exact) mass is 451 g/mol. The van der Waals surface area contributed by atoms with E-state index >= 15 is 0 Å². The van der Waals surface area contributed by atoms with E-state index in [0.29, 0.717) is 26.1 Å². The number of allylic oxidation sites excluding steroid dienone is 1. The van der Waals surface area contributed by atoms with Crippen LogP contribution in [0, 0.1) is 5.92 Å². The van der Waals surface area contributed by atoms with Crippen LogP contribution in [0.2, 0.25) is 0 Å². The fourth-order valence-electron chi connectivity index (χ4n) is 5.30. The number of carbonyl (C=O) groups excluding carboxylic acids is 2. The molecule has 1 spiro atoms. The van der Waals surface area contributed by atoms with Gasteiger partial charge in [-0.3, -0.25) is 0 Å². The molecule has 3 amide bonds. The Hall–Kier alpha value is -1.84. The molecule has 180 valence electrons. The van der Waals surface area contributed by atoms with Gasteiger partial charge in [-0.05, 0) is 40.0 Å². The molecule has 4 aliphatic rings. The van der Waals surface area contributed by atoms with Crippen LogP contribution < -0.4 is 5.32 Å². The maximum absolute atomic E-state index is 12.8. The molecule has 0 bridgehead atoms. The lowest BCUT2D eigenvalue weighted by Gasteiger charge is -2.44. The predicted molar refractivity (Wildman–Crippen MR) is 117 cm³/mol. The zero-order chi connectivity index (χ0) is 23.3. The highest BCUT2D eigenvalue weighted by Gasteiger charge is 2.72. The van der Waals surface area contributed by atoms with Crippen molar-refractivity contribution in [3.63, 3.8) is 0 Å². The number of ether oxygens (including phenoxy) is 4. The summed E-state index contributed by atoms with van der Waals surface area (Å²) in [5.41, 5.74) is 0.677.